The average Bonchev–Trinajstić information content (AvgIpc) is 2.90. The highest BCUT2D eigenvalue weighted by atomic mass is 32.2. The number of amides is 1. The van der Waals surface area contributed by atoms with Crippen molar-refractivity contribution in [2.24, 2.45) is 0 Å². The Hall–Kier alpha value is -4.05. The first-order valence-electron chi connectivity index (χ1n) is 13.1. The van der Waals surface area contributed by atoms with Crippen LogP contribution in [0, 0.1) is 10.1 Å². The number of nitro groups is 1. The zero-order valence-corrected chi connectivity index (χ0v) is 22.9. The molecule has 39 heavy (non-hydrogen) atoms. The van der Waals surface area contributed by atoms with Gasteiger partial charge in [0.25, 0.3) is 5.69 Å². The molecule has 0 spiro atoms. The number of benzene rings is 3. The Morgan fingerprint density at radius 2 is 1.59 bits per heavy atom. The fraction of sp³-hybridized carbons (Fsp3) is 0.310. The second-order valence-electron chi connectivity index (χ2n) is 9.57. The Balaban J connectivity index is 1.60. The first kappa shape index (κ1) is 28.0. The number of carbonyl (C=O) groups excluding carboxylic acids is 1. The van der Waals surface area contributed by atoms with Crippen LogP contribution in [-0.4, -0.2) is 30.5 Å². The predicted molar refractivity (Wildman–Crippen MR) is 156 cm³/mol. The van der Waals surface area contributed by atoms with E-state index in [4.69, 9.17) is 0 Å². The number of para-hydroxylation sites is 1. The third kappa shape index (κ3) is 6.69. The number of sulfonamides is 1. The van der Waals surface area contributed by atoms with Crippen molar-refractivity contribution in [2.75, 3.05) is 15.9 Å². The number of rotatable bonds is 12. The number of carbonyl (C=O) groups is 1. The average molecular weight is 549 g/mol. The van der Waals surface area contributed by atoms with E-state index in [1.807, 2.05) is 24.3 Å². The second-order valence-corrected chi connectivity index (χ2v) is 11.4. The Labute approximate surface area is 228 Å². The van der Waals surface area contributed by atoms with Crippen LogP contribution in [0.5, 0.6) is 0 Å². The molecule has 9 nitrogen and oxygen atoms in total. The molecule has 0 saturated carbocycles. The summed E-state index contributed by atoms with van der Waals surface area (Å²) in [6.45, 7) is 2.14. The summed E-state index contributed by atoms with van der Waals surface area (Å²) < 4.78 is 25.9. The maximum Gasteiger partial charge on any atom is 0.271 e. The first-order valence-corrected chi connectivity index (χ1v) is 14.9. The van der Waals surface area contributed by atoms with E-state index in [9.17, 15) is 23.3 Å². The molecule has 0 aliphatic rings. The third-order valence-electron chi connectivity index (χ3n) is 6.55. The number of anilines is 3. The molecule has 1 N–H and O–H groups in total. The van der Waals surface area contributed by atoms with Crippen LogP contribution in [0.25, 0.3) is 21.8 Å². The van der Waals surface area contributed by atoms with Crippen LogP contribution in [0.15, 0.2) is 66.7 Å². The molecule has 0 fully saturated rings. The highest BCUT2D eigenvalue weighted by molar-refractivity contribution is 7.92. The smallest absolute Gasteiger partial charge is 0.271 e. The summed E-state index contributed by atoms with van der Waals surface area (Å²) in [5.41, 5.74) is 2.76. The summed E-state index contributed by atoms with van der Waals surface area (Å²) in [5, 5.41) is 16.2. The summed E-state index contributed by atoms with van der Waals surface area (Å²) in [5.74, 6) is -0.443. The Bertz CT molecular complexity index is 1600. The number of pyridine rings is 1. The molecule has 204 valence electrons. The van der Waals surface area contributed by atoms with E-state index in [2.05, 4.69) is 17.2 Å². The molecule has 3 aromatic carbocycles. The molecule has 0 aliphatic heterocycles. The molecule has 0 unspecified atom stereocenters. The van der Waals surface area contributed by atoms with Crippen molar-refractivity contribution >= 4 is 60.5 Å². The summed E-state index contributed by atoms with van der Waals surface area (Å²) in [4.78, 5) is 28.3. The van der Waals surface area contributed by atoms with E-state index < -0.39 is 20.9 Å². The second kappa shape index (κ2) is 12.2. The number of unbranched alkanes of at least 4 members (excludes halogenated alkanes) is 5. The van der Waals surface area contributed by atoms with Gasteiger partial charge in [0.1, 0.15) is 0 Å². The van der Waals surface area contributed by atoms with E-state index in [0.29, 0.717) is 28.5 Å². The van der Waals surface area contributed by atoms with Gasteiger partial charge in [-0.15, -0.1) is 0 Å². The lowest BCUT2D eigenvalue weighted by atomic mass is 10.1. The third-order valence-corrected chi connectivity index (χ3v) is 7.63. The van der Waals surface area contributed by atoms with Crippen molar-refractivity contribution < 1.29 is 18.1 Å². The topological polar surface area (TPSA) is 123 Å². The summed E-state index contributed by atoms with van der Waals surface area (Å²) in [6.07, 6.45) is 7.20. The molecule has 1 heterocycles. The minimum atomic E-state index is -3.81. The van der Waals surface area contributed by atoms with Crippen LogP contribution in [-0.2, 0) is 14.8 Å². The molecular formula is C29H32N4O5S. The molecule has 1 aromatic heterocycles. The predicted octanol–water partition coefficient (Wildman–Crippen LogP) is 7.08. The summed E-state index contributed by atoms with van der Waals surface area (Å²) >= 11 is 0. The normalized spacial score (nSPS) is 11.5. The highest BCUT2D eigenvalue weighted by Crippen LogP contribution is 2.35. The lowest BCUT2D eigenvalue weighted by Gasteiger charge is -2.21. The number of nitrogens with zero attached hydrogens (tertiary/aromatic N) is 3. The minimum Gasteiger partial charge on any atom is -0.354 e. The van der Waals surface area contributed by atoms with Crippen LogP contribution in [0.2, 0.25) is 0 Å². The fourth-order valence-electron chi connectivity index (χ4n) is 4.63. The van der Waals surface area contributed by atoms with Gasteiger partial charge in [0, 0.05) is 35.0 Å². The van der Waals surface area contributed by atoms with Crippen molar-refractivity contribution in [2.45, 2.75) is 51.9 Å². The van der Waals surface area contributed by atoms with E-state index in [-0.39, 0.29) is 17.8 Å². The highest BCUT2D eigenvalue weighted by Gasteiger charge is 2.25. The molecule has 0 atom stereocenters. The zero-order chi connectivity index (χ0) is 28.0. The largest absolute Gasteiger partial charge is 0.354 e. The number of aromatic nitrogens is 1. The van der Waals surface area contributed by atoms with Gasteiger partial charge >= 0.3 is 0 Å². The summed E-state index contributed by atoms with van der Waals surface area (Å²) in [6, 6.07) is 18.6. The number of fused-ring (bicyclic) bond motifs is 2. The van der Waals surface area contributed by atoms with Crippen LogP contribution in [0.4, 0.5) is 22.7 Å². The van der Waals surface area contributed by atoms with Crippen LogP contribution < -0.4 is 9.62 Å². The standard InChI is InChI=1S/C29H32N4O5S/c1-3-4-5-6-7-8-13-28(34)32(39(2,37)38)22-16-14-21(15-17-22)30-29-24-11-9-10-12-26(24)31-27-20-23(33(35)36)18-19-25(27)29/h9-12,14-20H,3-8,13H2,1-2H3,(H,30,31). The van der Waals surface area contributed by atoms with Gasteiger partial charge in [0.05, 0.1) is 33.6 Å². The molecule has 4 rings (SSSR count). The van der Waals surface area contributed by atoms with Gasteiger partial charge in [-0.05, 0) is 42.8 Å². The van der Waals surface area contributed by atoms with E-state index in [0.717, 1.165) is 53.7 Å². The number of non-ortho nitro benzene ring substituents is 1. The van der Waals surface area contributed by atoms with Crippen LogP contribution >= 0.6 is 0 Å². The van der Waals surface area contributed by atoms with Crippen molar-refractivity contribution in [3.63, 3.8) is 0 Å². The molecule has 0 aliphatic carbocycles. The maximum absolute atomic E-state index is 12.9. The molecule has 1 amide bonds. The van der Waals surface area contributed by atoms with Crippen molar-refractivity contribution in [3.8, 4) is 0 Å². The molecular weight excluding hydrogens is 516 g/mol. The number of nitrogens with one attached hydrogen (secondary N) is 1. The molecule has 4 aromatic rings. The van der Waals surface area contributed by atoms with Gasteiger partial charge in [-0.1, -0.05) is 57.2 Å². The van der Waals surface area contributed by atoms with Gasteiger partial charge in [0.2, 0.25) is 15.9 Å². The molecule has 0 bridgehead atoms. The zero-order valence-electron chi connectivity index (χ0n) is 22.1. The van der Waals surface area contributed by atoms with Crippen LogP contribution in [0.1, 0.15) is 51.9 Å². The number of hydrogen-bond donors (Lipinski definition) is 1. The van der Waals surface area contributed by atoms with Gasteiger partial charge in [-0.25, -0.2) is 17.7 Å². The molecule has 0 radical (unpaired) electrons. The Morgan fingerprint density at radius 1 is 0.923 bits per heavy atom. The van der Waals surface area contributed by atoms with Crippen molar-refractivity contribution in [3.05, 3.63) is 76.8 Å². The lowest BCUT2D eigenvalue weighted by Crippen LogP contribution is -2.36. The Kier molecular flexibility index (Phi) is 8.75. The quantitative estimate of drug-likeness (QED) is 0.0868. The lowest BCUT2D eigenvalue weighted by molar-refractivity contribution is -0.384. The fourth-order valence-corrected chi connectivity index (χ4v) is 5.60. The van der Waals surface area contributed by atoms with E-state index in [1.165, 1.54) is 12.1 Å². The van der Waals surface area contributed by atoms with E-state index in [1.54, 1.807) is 30.3 Å². The number of nitro benzene ring substituents is 1. The van der Waals surface area contributed by atoms with Crippen molar-refractivity contribution in [1.29, 1.82) is 0 Å². The van der Waals surface area contributed by atoms with Gasteiger partial charge in [0.15, 0.2) is 0 Å². The summed E-state index contributed by atoms with van der Waals surface area (Å²) in [7, 11) is -3.81. The van der Waals surface area contributed by atoms with Gasteiger partial charge in [-0.3, -0.25) is 14.9 Å². The minimum absolute atomic E-state index is 0.0490. The number of hydrogen-bond acceptors (Lipinski definition) is 7. The maximum atomic E-state index is 12.9. The monoisotopic (exact) mass is 548 g/mol. The van der Waals surface area contributed by atoms with Gasteiger partial charge < -0.3 is 5.32 Å². The Morgan fingerprint density at radius 3 is 2.28 bits per heavy atom. The van der Waals surface area contributed by atoms with Crippen LogP contribution in [0.3, 0.4) is 0 Å². The van der Waals surface area contributed by atoms with Gasteiger partial charge in [-0.2, -0.15) is 0 Å². The molecule has 0 saturated heterocycles. The SMILES string of the molecule is CCCCCCCCC(=O)N(c1ccc(Nc2c3ccccc3nc3cc([N+](=O)[O-])ccc23)cc1)S(C)(=O)=O. The van der Waals surface area contributed by atoms with Crippen molar-refractivity contribution in [1.82, 2.24) is 4.98 Å². The molecule has 10 heteroatoms. The first-order chi connectivity index (χ1) is 18.7. The van der Waals surface area contributed by atoms with E-state index >= 15 is 0 Å².